The first-order valence-electron chi connectivity index (χ1n) is 4.88. The van der Waals surface area contributed by atoms with E-state index in [0.717, 1.165) is 19.6 Å². The number of rotatable bonds is 4. The molecule has 1 heteroatoms. The summed E-state index contributed by atoms with van der Waals surface area (Å²) in [5, 5.41) is 0. The van der Waals surface area contributed by atoms with Crippen molar-refractivity contribution in [1.29, 1.82) is 0 Å². The Morgan fingerprint density at radius 1 is 1.23 bits per heavy atom. The third-order valence-electron chi connectivity index (χ3n) is 2.22. The summed E-state index contributed by atoms with van der Waals surface area (Å²) in [6.45, 7) is 7.96. The Hall–Kier alpha value is -0.820. The van der Waals surface area contributed by atoms with Gasteiger partial charge in [0.25, 0.3) is 0 Å². The van der Waals surface area contributed by atoms with Crippen LogP contribution >= 0.6 is 0 Å². The highest BCUT2D eigenvalue weighted by atomic mass is 16.5. The third kappa shape index (κ3) is 3.19. The number of hydrogen-bond acceptors (Lipinski definition) is 1. The zero-order valence-corrected chi connectivity index (χ0v) is 8.76. The van der Waals surface area contributed by atoms with Gasteiger partial charge in [0.05, 0.1) is 6.61 Å². The van der Waals surface area contributed by atoms with Crippen molar-refractivity contribution in [2.24, 2.45) is 0 Å². The lowest BCUT2D eigenvalue weighted by atomic mass is 10.0. The van der Waals surface area contributed by atoms with E-state index in [1.54, 1.807) is 0 Å². The fraction of sp³-hybridized carbons (Fsp3) is 0.500. The van der Waals surface area contributed by atoms with Crippen LogP contribution < -0.4 is 0 Å². The molecule has 0 aliphatic carbocycles. The smallest absolute Gasteiger partial charge is 0.0506 e. The van der Waals surface area contributed by atoms with Gasteiger partial charge in [0.15, 0.2) is 0 Å². The molecule has 0 saturated heterocycles. The Bertz CT molecular complexity index is 266. The molecule has 0 amide bonds. The van der Waals surface area contributed by atoms with E-state index in [-0.39, 0.29) is 0 Å². The molecule has 1 aromatic carbocycles. The molecule has 0 atom stereocenters. The highest BCUT2D eigenvalue weighted by Crippen LogP contribution is 2.10. The highest BCUT2D eigenvalue weighted by molar-refractivity contribution is 5.30. The molecular formula is C12H18O. The van der Waals surface area contributed by atoms with Crippen LogP contribution in [0.1, 0.15) is 23.6 Å². The van der Waals surface area contributed by atoms with Crippen LogP contribution in [0.25, 0.3) is 0 Å². The molecule has 13 heavy (non-hydrogen) atoms. The van der Waals surface area contributed by atoms with E-state index in [4.69, 9.17) is 4.74 Å². The van der Waals surface area contributed by atoms with Gasteiger partial charge in [-0.3, -0.25) is 0 Å². The van der Waals surface area contributed by atoms with Crippen LogP contribution in [0.3, 0.4) is 0 Å². The minimum absolute atomic E-state index is 0.810. The van der Waals surface area contributed by atoms with E-state index in [1.807, 2.05) is 6.92 Å². The molecule has 1 rings (SSSR count). The first-order chi connectivity index (χ1) is 6.24. The van der Waals surface area contributed by atoms with Gasteiger partial charge in [-0.15, -0.1) is 0 Å². The quantitative estimate of drug-likeness (QED) is 0.644. The molecule has 0 fully saturated rings. The molecule has 0 saturated carbocycles. The van der Waals surface area contributed by atoms with E-state index in [0.29, 0.717) is 0 Å². The van der Waals surface area contributed by atoms with Crippen molar-refractivity contribution >= 4 is 0 Å². The molecule has 0 aliphatic heterocycles. The van der Waals surface area contributed by atoms with E-state index < -0.39 is 0 Å². The largest absolute Gasteiger partial charge is 0.381 e. The molecular weight excluding hydrogens is 160 g/mol. The molecule has 0 radical (unpaired) electrons. The Morgan fingerprint density at radius 3 is 2.62 bits per heavy atom. The summed E-state index contributed by atoms with van der Waals surface area (Å²) in [7, 11) is 0. The Kier molecular flexibility index (Phi) is 3.97. The van der Waals surface area contributed by atoms with Crippen LogP contribution in [0.2, 0.25) is 0 Å². The average molecular weight is 178 g/mol. The topological polar surface area (TPSA) is 9.23 Å². The molecule has 0 bridgehead atoms. The van der Waals surface area contributed by atoms with Crippen molar-refractivity contribution in [2.75, 3.05) is 13.2 Å². The first kappa shape index (κ1) is 10.3. The summed E-state index contributed by atoms with van der Waals surface area (Å²) in [6, 6.07) is 6.58. The second kappa shape index (κ2) is 5.03. The normalized spacial score (nSPS) is 10.4. The lowest BCUT2D eigenvalue weighted by Gasteiger charge is -2.06. The summed E-state index contributed by atoms with van der Waals surface area (Å²) in [5.41, 5.74) is 4.11. The average Bonchev–Trinajstić information content (AvgIpc) is 2.09. The summed E-state index contributed by atoms with van der Waals surface area (Å²) in [6.07, 6.45) is 1.03. The number of benzene rings is 1. The van der Waals surface area contributed by atoms with Gasteiger partial charge in [-0.25, -0.2) is 0 Å². The maximum absolute atomic E-state index is 5.32. The molecule has 0 heterocycles. The Morgan fingerprint density at radius 2 is 2.00 bits per heavy atom. The van der Waals surface area contributed by atoms with Crippen LogP contribution in [-0.2, 0) is 11.2 Å². The fourth-order valence-corrected chi connectivity index (χ4v) is 1.45. The van der Waals surface area contributed by atoms with E-state index in [1.165, 1.54) is 16.7 Å². The molecule has 0 spiro atoms. The van der Waals surface area contributed by atoms with Crippen LogP contribution in [-0.4, -0.2) is 13.2 Å². The van der Waals surface area contributed by atoms with Gasteiger partial charge in [0, 0.05) is 6.61 Å². The minimum Gasteiger partial charge on any atom is -0.381 e. The van der Waals surface area contributed by atoms with Crippen LogP contribution in [0.15, 0.2) is 18.2 Å². The van der Waals surface area contributed by atoms with Crippen molar-refractivity contribution < 1.29 is 4.74 Å². The number of ether oxygens (including phenoxy) is 1. The molecule has 0 N–H and O–H groups in total. The maximum atomic E-state index is 5.32. The van der Waals surface area contributed by atoms with Gasteiger partial charge in [-0.1, -0.05) is 23.8 Å². The predicted octanol–water partition coefficient (Wildman–Crippen LogP) is 2.88. The zero-order valence-electron chi connectivity index (χ0n) is 8.76. The predicted molar refractivity (Wildman–Crippen MR) is 56.1 cm³/mol. The fourth-order valence-electron chi connectivity index (χ4n) is 1.45. The maximum Gasteiger partial charge on any atom is 0.0506 e. The van der Waals surface area contributed by atoms with Crippen molar-refractivity contribution in [1.82, 2.24) is 0 Å². The van der Waals surface area contributed by atoms with E-state index in [9.17, 15) is 0 Å². The number of aryl methyl sites for hydroxylation is 2. The lowest BCUT2D eigenvalue weighted by Crippen LogP contribution is -1.99. The molecule has 0 unspecified atom stereocenters. The van der Waals surface area contributed by atoms with Crippen LogP contribution in [0.4, 0.5) is 0 Å². The van der Waals surface area contributed by atoms with E-state index in [2.05, 4.69) is 32.0 Å². The second-order valence-corrected chi connectivity index (χ2v) is 3.38. The highest BCUT2D eigenvalue weighted by Gasteiger charge is 1.97. The van der Waals surface area contributed by atoms with Crippen molar-refractivity contribution in [3.05, 3.63) is 34.9 Å². The minimum atomic E-state index is 0.810. The summed E-state index contributed by atoms with van der Waals surface area (Å²) in [5.74, 6) is 0. The van der Waals surface area contributed by atoms with Crippen molar-refractivity contribution in [3.63, 3.8) is 0 Å². The molecule has 0 aliphatic rings. The third-order valence-corrected chi connectivity index (χ3v) is 2.22. The van der Waals surface area contributed by atoms with Crippen molar-refractivity contribution in [3.8, 4) is 0 Å². The summed E-state index contributed by atoms with van der Waals surface area (Å²) >= 11 is 0. The second-order valence-electron chi connectivity index (χ2n) is 3.38. The standard InChI is InChI=1S/C12H18O/c1-4-13-8-7-12-6-5-10(2)9-11(12)3/h5-6,9H,4,7-8H2,1-3H3. The van der Waals surface area contributed by atoms with Crippen molar-refractivity contribution in [2.45, 2.75) is 27.2 Å². The molecule has 0 aromatic heterocycles. The molecule has 1 nitrogen and oxygen atoms in total. The van der Waals surface area contributed by atoms with Gasteiger partial charge < -0.3 is 4.74 Å². The van der Waals surface area contributed by atoms with Crippen LogP contribution in [0.5, 0.6) is 0 Å². The van der Waals surface area contributed by atoms with Gasteiger partial charge in [-0.05, 0) is 38.3 Å². The van der Waals surface area contributed by atoms with Gasteiger partial charge >= 0.3 is 0 Å². The van der Waals surface area contributed by atoms with Gasteiger partial charge in [-0.2, -0.15) is 0 Å². The van der Waals surface area contributed by atoms with Gasteiger partial charge in [0.2, 0.25) is 0 Å². The monoisotopic (exact) mass is 178 g/mol. The SMILES string of the molecule is CCOCCc1ccc(C)cc1C. The first-order valence-corrected chi connectivity index (χ1v) is 4.88. The number of hydrogen-bond donors (Lipinski definition) is 0. The molecule has 1 aromatic rings. The zero-order chi connectivity index (χ0) is 9.68. The Balaban J connectivity index is 2.56. The summed E-state index contributed by atoms with van der Waals surface area (Å²) < 4.78 is 5.32. The van der Waals surface area contributed by atoms with Crippen LogP contribution in [0, 0.1) is 13.8 Å². The molecule has 72 valence electrons. The van der Waals surface area contributed by atoms with Gasteiger partial charge in [0.1, 0.15) is 0 Å². The summed E-state index contributed by atoms with van der Waals surface area (Å²) in [4.78, 5) is 0. The lowest BCUT2D eigenvalue weighted by molar-refractivity contribution is 0.151. The Labute approximate surface area is 80.7 Å². The van der Waals surface area contributed by atoms with E-state index >= 15 is 0 Å².